The Labute approximate surface area is 96.9 Å². The fourth-order valence-electron chi connectivity index (χ4n) is 3.81. The van der Waals surface area contributed by atoms with Gasteiger partial charge in [-0.25, -0.2) is 0 Å². The van der Waals surface area contributed by atoms with Crippen molar-refractivity contribution < 1.29 is 9.53 Å². The second-order valence-corrected chi connectivity index (χ2v) is 6.57. The number of hydrogen-bond donors (Lipinski definition) is 1. The second-order valence-electron chi connectivity index (χ2n) is 6.57. The summed E-state index contributed by atoms with van der Waals surface area (Å²) in [4.78, 5) is 12.0. The topological polar surface area (TPSA) is 38.3 Å². The van der Waals surface area contributed by atoms with Crippen molar-refractivity contribution in [1.82, 2.24) is 5.32 Å². The molecular formula is C13H21NO2. The highest BCUT2D eigenvalue weighted by molar-refractivity contribution is 5.77. The molecule has 90 valence electrons. The van der Waals surface area contributed by atoms with Crippen molar-refractivity contribution in [2.24, 2.45) is 23.7 Å². The molecule has 16 heavy (non-hydrogen) atoms. The molecule has 0 aromatic carbocycles. The van der Waals surface area contributed by atoms with Crippen LogP contribution in [-0.2, 0) is 9.53 Å². The molecule has 1 heterocycles. The molecule has 0 amide bonds. The molecule has 0 aromatic rings. The monoisotopic (exact) mass is 223 g/mol. The Balaban J connectivity index is 1.66. The molecule has 3 rings (SSSR count). The molecule has 3 heteroatoms. The number of fused-ring (bicyclic) bond motifs is 4. The summed E-state index contributed by atoms with van der Waals surface area (Å²) in [6.45, 7) is 6.83. The van der Waals surface area contributed by atoms with Crippen molar-refractivity contribution >= 4 is 5.97 Å². The van der Waals surface area contributed by atoms with E-state index in [-0.39, 0.29) is 17.6 Å². The lowest BCUT2D eigenvalue weighted by atomic mass is 9.47. The number of ether oxygens (including phenoxy) is 1. The van der Waals surface area contributed by atoms with Gasteiger partial charge in [0.05, 0.1) is 0 Å². The molecular weight excluding hydrogens is 202 g/mol. The minimum absolute atomic E-state index is 0.0224. The van der Waals surface area contributed by atoms with Gasteiger partial charge in [0.15, 0.2) is 0 Å². The van der Waals surface area contributed by atoms with Gasteiger partial charge in [-0.2, -0.15) is 0 Å². The smallest absolute Gasteiger partial charge is 0.323 e. The third-order valence-corrected chi connectivity index (χ3v) is 4.54. The van der Waals surface area contributed by atoms with E-state index in [0.29, 0.717) is 5.92 Å². The first-order valence-electron chi connectivity index (χ1n) is 6.43. The van der Waals surface area contributed by atoms with Gasteiger partial charge in [0.2, 0.25) is 0 Å². The van der Waals surface area contributed by atoms with Gasteiger partial charge in [-0.05, 0) is 63.8 Å². The SMILES string of the molecule is CC(C)(C)OC(=O)C1NCC2C3CCC3C12. The lowest BCUT2D eigenvalue weighted by Gasteiger charge is -2.57. The van der Waals surface area contributed by atoms with Crippen LogP contribution in [0.3, 0.4) is 0 Å². The van der Waals surface area contributed by atoms with Crippen LogP contribution in [0.5, 0.6) is 0 Å². The van der Waals surface area contributed by atoms with Gasteiger partial charge in [-0.3, -0.25) is 4.79 Å². The Morgan fingerprint density at radius 3 is 2.44 bits per heavy atom. The van der Waals surface area contributed by atoms with Gasteiger partial charge in [0.25, 0.3) is 0 Å². The maximum absolute atomic E-state index is 12.0. The minimum atomic E-state index is -0.361. The molecule has 1 N–H and O–H groups in total. The summed E-state index contributed by atoms with van der Waals surface area (Å²) in [5.41, 5.74) is -0.361. The summed E-state index contributed by atoms with van der Waals surface area (Å²) < 4.78 is 5.48. The normalized spacial score (nSPS) is 45.1. The van der Waals surface area contributed by atoms with Crippen LogP contribution in [0.2, 0.25) is 0 Å². The fraction of sp³-hybridized carbons (Fsp3) is 0.923. The molecule has 3 fully saturated rings. The molecule has 0 radical (unpaired) electrons. The van der Waals surface area contributed by atoms with Gasteiger partial charge in [-0.1, -0.05) is 0 Å². The van der Waals surface area contributed by atoms with Crippen molar-refractivity contribution in [1.29, 1.82) is 0 Å². The third kappa shape index (κ3) is 1.41. The second kappa shape index (κ2) is 3.22. The Morgan fingerprint density at radius 1 is 1.19 bits per heavy atom. The number of carbonyl (C=O) groups excluding carboxylic acids is 1. The Bertz CT molecular complexity index is 320. The molecule has 1 saturated heterocycles. The standard InChI is InChI=1S/C13H21NO2/c1-13(2,3)16-12(15)11-10-8-5-4-7(8)9(10)6-14-11/h7-11,14H,4-6H2,1-3H3. The highest BCUT2D eigenvalue weighted by Gasteiger charge is 2.62. The zero-order chi connectivity index (χ0) is 11.5. The van der Waals surface area contributed by atoms with Gasteiger partial charge >= 0.3 is 5.97 Å². The summed E-state index contributed by atoms with van der Waals surface area (Å²) in [5, 5.41) is 3.37. The number of carbonyl (C=O) groups is 1. The molecule has 2 aliphatic carbocycles. The molecule has 0 aromatic heterocycles. The summed E-state index contributed by atoms with van der Waals surface area (Å²) in [6.07, 6.45) is 2.71. The van der Waals surface area contributed by atoms with Crippen molar-refractivity contribution in [2.75, 3.05) is 6.54 Å². The highest BCUT2D eigenvalue weighted by atomic mass is 16.6. The van der Waals surface area contributed by atoms with Crippen LogP contribution in [0.1, 0.15) is 33.6 Å². The predicted octanol–water partition coefficient (Wildman–Crippen LogP) is 1.57. The first-order valence-corrected chi connectivity index (χ1v) is 6.43. The molecule has 1 aliphatic heterocycles. The van der Waals surface area contributed by atoms with E-state index in [1.54, 1.807) is 0 Å². The van der Waals surface area contributed by atoms with Crippen LogP contribution in [0.25, 0.3) is 0 Å². The van der Waals surface area contributed by atoms with Crippen LogP contribution >= 0.6 is 0 Å². The molecule has 0 spiro atoms. The number of hydrogen-bond acceptors (Lipinski definition) is 3. The van der Waals surface area contributed by atoms with E-state index < -0.39 is 0 Å². The average molecular weight is 223 g/mol. The fourth-order valence-corrected chi connectivity index (χ4v) is 3.81. The van der Waals surface area contributed by atoms with Gasteiger partial charge < -0.3 is 10.1 Å². The predicted molar refractivity (Wildman–Crippen MR) is 60.8 cm³/mol. The van der Waals surface area contributed by atoms with Gasteiger partial charge in [0, 0.05) is 0 Å². The molecule has 0 bridgehead atoms. The third-order valence-electron chi connectivity index (χ3n) is 4.54. The van der Waals surface area contributed by atoms with E-state index >= 15 is 0 Å². The lowest BCUT2D eigenvalue weighted by Crippen LogP contribution is -2.56. The van der Waals surface area contributed by atoms with Crippen LogP contribution in [0.4, 0.5) is 0 Å². The van der Waals surface area contributed by atoms with Crippen LogP contribution in [0.15, 0.2) is 0 Å². The first kappa shape index (κ1) is 10.6. The van der Waals surface area contributed by atoms with Gasteiger partial charge in [0.1, 0.15) is 11.6 Å². The van der Waals surface area contributed by atoms with Crippen LogP contribution in [-0.4, -0.2) is 24.2 Å². The number of rotatable bonds is 1. The van der Waals surface area contributed by atoms with E-state index in [1.807, 2.05) is 20.8 Å². The molecule has 5 unspecified atom stereocenters. The summed E-state index contributed by atoms with van der Waals surface area (Å²) in [7, 11) is 0. The zero-order valence-corrected chi connectivity index (χ0v) is 10.3. The van der Waals surface area contributed by atoms with E-state index in [4.69, 9.17) is 4.74 Å². The molecule has 5 atom stereocenters. The van der Waals surface area contributed by atoms with Crippen LogP contribution < -0.4 is 5.32 Å². The molecule has 2 saturated carbocycles. The van der Waals surface area contributed by atoms with E-state index in [2.05, 4.69) is 5.32 Å². The summed E-state index contributed by atoms with van der Waals surface area (Å²) >= 11 is 0. The Morgan fingerprint density at radius 2 is 1.88 bits per heavy atom. The van der Waals surface area contributed by atoms with Crippen LogP contribution in [0, 0.1) is 23.7 Å². The van der Waals surface area contributed by atoms with Crippen molar-refractivity contribution in [3.05, 3.63) is 0 Å². The zero-order valence-electron chi connectivity index (χ0n) is 10.3. The molecule has 3 aliphatic rings. The van der Waals surface area contributed by atoms with Crippen molar-refractivity contribution in [2.45, 2.75) is 45.3 Å². The van der Waals surface area contributed by atoms with Gasteiger partial charge in [-0.15, -0.1) is 0 Å². The quantitative estimate of drug-likeness (QED) is 0.686. The first-order chi connectivity index (χ1) is 7.47. The maximum atomic E-state index is 12.0. The van der Waals surface area contributed by atoms with Crippen molar-refractivity contribution in [3.63, 3.8) is 0 Å². The number of esters is 1. The summed E-state index contributed by atoms with van der Waals surface area (Å²) in [6, 6.07) is -0.0224. The minimum Gasteiger partial charge on any atom is -0.459 e. The largest absolute Gasteiger partial charge is 0.459 e. The highest BCUT2D eigenvalue weighted by Crippen LogP contribution is 2.61. The Hall–Kier alpha value is -0.570. The van der Waals surface area contributed by atoms with E-state index in [9.17, 15) is 4.79 Å². The molecule has 3 nitrogen and oxygen atoms in total. The Kier molecular flexibility index (Phi) is 2.13. The lowest BCUT2D eigenvalue weighted by molar-refractivity contribution is -0.165. The van der Waals surface area contributed by atoms with Crippen molar-refractivity contribution in [3.8, 4) is 0 Å². The number of nitrogens with one attached hydrogen (secondary N) is 1. The van der Waals surface area contributed by atoms with E-state index in [1.165, 1.54) is 12.8 Å². The average Bonchev–Trinajstić information content (AvgIpc) is 2.42. The van der Waals surface area contributed by atoms with E-state index in [0.717, 1.165) is 24.3 Å². The maximum Gasteiger partial charge on any atom is 0.323 e. The summed E-state index contributed by atoms with van der Waals surface area (Å²) in [5.74, 6) is 3.04.